The smallest absolute Gasteiger partial charge is 0.0338 e. The van der Waals surface area contributed by atoms with Crippen molar-refractivity contribution in [2.24, 2.45) is 23.7 Å². The summed E-state index contributed by atoms with van der Waals surface area (Å²) in [5.41, 5.74) is 1.54. The van der Waals surface area contributed by atoms with E-state index in [9.17, 15) is 0 Å². The Morgan fingerprint density at radius 2 is 1.71 bits per heavy atom. The first-order valence-electron chi connectivity index (χ1n) is 5.28. The van der Waals surface area contributed by atoms with E-state index in [0.717, 1.165) is 28.9 Å². The van der Waals surface area contributed by atoms with E-state index in [0.29, 0.717) is 0 Å². The quantitative estimate of drug-likeness (QED) is 0.661. The maximum Gasteiger partial charge on any atom is 0.0338 e. The Balaban J connectivity index is 1.59. The van der Waals surface area contributed by atoms with Crippen molar-refractivity contribution in [3.05, 3.63) is 42.5 Å². The molecule has 0 aliphatic heterocycles. The average Bonchev–Trinajstić information content (AvgIpc) is 3.03. The highest BCUT2D eigenvalue weighted by Crippen LogP contribution is 2.85. The molecule has 0 saturated heterocycles. The van der Waals surface area contributed by atoms with E-state index in [-0.39, 0.29) is 0 Å². The number of fused-ring (bicyclic) bond motifs is 1. The molecule has 0 spiro atoms. The van der Waals surface area contributed by atoms with Crippen LogP contribution in [0.2, 0.25) is 0 Å². The second-order valence-electron chi connectivity index (χ2n) is 4.68. The molecule has 1 heteroatoms. The SMILES string of the molecule is C=C1C(Sc2ccccc2)C2C3C1C23. The van der Waals surface area contributed by atoms with E-state index in [4.69, 9.17) is 0 Å². The number of hydrogen-bond acceptors (Lipinski definition) is 1. The van der Waals surface area contributed by atoms with E-state index < -0.39 is 0 Å². The van der Waals surface area contributed by atoms with Crippen LogP contribution in [-0.4, -0.2) is 5.25 Å². The summed E-state index contributed by atoms with van der Waals surface area (Å²) in [5.74, 6) is 4.10. The Hall–Kier alpha value is -0.690. The third kappa shape index (κ3) is 0.778. The molecule has 0 N–H and O–H groups in total. The van der Waals surface area contributed by atoms with E-state index in [1.165, 1.54) is 4.90 Å². The second-order valence-corrected chi connectivity index (χ2v) is 5.90. The highest BCUT2D eigenvalue weighted by atomic mass is 32.2. The average molecular weight is 200 g/mol. The minimum Gasteiger partial charge on any atom is -0.118 e. The van der Waals surface area contributed by atoms with Crippen molar-refractivity contribution >= 4 is 11.8 Å². The molecule has 70 valence electrons. The maximum absolute atomic E-state index is 4.25. The van der Waals surface area contributed by atoms with Gasteiger partial charge in [-0.05, 0) is 35.8 Å². The summed E-state index contributed by atoms with van der Waals surface area (Å²) in [7, 11) is 0. The minimum absolute atomic E-state index is 0.748. The molecule has 4 fully saturated rings. The van der Waals surface area contributed by atoms with Crippen LogP contribution in [0.5, 0.6) is 0 Å². The van der Waals surface area contributed by atoms with Crippen LogP contribution < -0.4 is 0 Å². The first-order chi connectivity index (χ1) is 6.88. The van der Waals surface area contributed by atoms with Gasteiger partial charge in [0.15, 0.2) is 0 Å². The van der Waals surface area contributed by atoms with Crippen molar-refractivity contribution in [1.29, 1.82) is 0 Å². The zero-order valence-electron chi connectivity index (χ0n) is 7.89. The van der Waals surface area contributed by atoms with Crippen LogP contribution in [0.3, 0.4) is 0 Å². The van der Waals surface area contributed by atoms with Crippen molar-refractivity contribution in [2.45, 2.75) is 10.1 Å². The summed E-state index contributed by atoms with van der Waals surface area (Å²) in [4.78, 5) is 1.41. The first-order valence-corrected chi connectivity index (χ1v) is 6.16. The summed E-state index contributed by atoms with van der Waals surface area (Å²) >= 11 is 2.03. The van der Waals surface area contributed by atoms with Gasteiger partial charge in [0.05, 0.1) is 0 Å². The molecule has 5 rings (SSSR count). The predicted molar refractivity (Wildman–Crippen MR) is 59.2 cm³/mol. The van der Waals surface area contributed by atoms with E-state index in [2.05, 4.69) is 36.9 Å². The van der Waals surface area contributed by atoms with Crippen molar-refractivity contribution in [1.82, 2.24) is 0 Å². The number of benzene rings is 1. The van der Waals surface area contributed by atoms with Gasteiger partial charge >= 0.3 is 0 Å². The lowest BCUT2D eigenvalue weighted by Crippen LogP contribution is -2.00. The van der Waals surface area contributed by atoms with Gasteiger partial charge in [-0.3, -0.25) is 0 Å². The van der Waals surface area contributed by atoms with Crippen LogP contribution >= 0.6 is 11.8 Å². The second kappa shape index (κ2) is 2.27. The molecule has 3 atom stereocenters. The Kier molecular flexibility index (Phi) is 1.23. The fraction of sp³-hybridized carbons (Fsp3) is 0.385. The molecule has 2 bridgehead atoms. The first kappa shape index (κ1) is 7.58. The normalized spacial score (nSPS) is 46.3. The van der Waals surface area contributed by atoms with E-state index in [1.807, 2.05) is 11.8 Å². The Morgan fingerprint density at radius 1 is 1.00 bits per heavy atom. The summed E-state index contributed by atoms with van der Waals surface area (Å²) in [5, 5.41) is 0.748. The van der Waals surface area contributed by atoms with Gasteiger partial charge in [0.2, 0.25) is 0 Å². The minimum atomic E-state index is 0.748. The van der Waals surface area contributed by atoms with Crippen LogP contribution in [-0.2, 0) is 0 Å². The van der Waals surface area contributed by atoms with Gasteiger partial charge in [0.25, 0.3) is 0 Å². The fourth-order valence-corrected chi connectivity index (χ4v) is 4.65. The Morgan fingerprint density at radius 3 is 2.29 bits per heavy atom. The molecule has 0 amide bonds. The molecule has 0 heterocycles. The summed E-state index contributed by atoms with van der Waals surface area (Å²) < 4.78 is 0. The Bertz CT molecular complexity index is 399. The molecule has 0 nitrogen and oxygen atoms in total. The summed E-state index contributed by atoms with van der Waals surface area (Å²) in [6.45, 7) is 4.25. The predicted octanol–water partition coefficient (Wildman–Crippen LogP) is 3.21. The lowest BCUT2D eigenvalue weighted by molar-refractivity contribution is 0.665. The van der Waals surface area contributed by atoms with Crippen LogP contribution in [0.25, 0.3) is 0 Å². The molecule has 3 unspecified atom stereocenters. The molecule has 1 aromatic rings. The zero-order chi connectivity index (χ0) is 9.28. The molecular formula is C13H12S. The van der Waals surface area contributed by atoms with E-state index >= 15 is 0 Å². The molecular weight excluding hydrogens is 188 g/mol. The van der Waals surface area contributed by atoms with Crippen LogP contribution in [0.4, 0.5) is 0 Å². The maximum atomic E-state index is 4.25. The van der Waals surface area contributed by atoms with Crippen molar-refractivity contribution in [3.63, 3.8) is 0 Å². The number of hydrogen-bond donors (Lipinski definition) is 0. The lowest BCUT2D eigenvalue weighted by Gasteiger charge is -2.09. The molecule has 4 saturated carbocycles. The number of thioether (sulfide) groups is 1. The molecule has 14 heavy (non-hydrogen) atoms. The van der Waals surface area contributed by atoms with Gasteiger partial charge in [-0.15, -0.1) is 11.8 Å². The topological polar surface area (TPSA) is 0 Å². The fourth-order valence-electron chi connectivity index (χ4n) is 3.21. The van der Waals surface area contributed by atoms with Crippen LogP contribution in [0, 0.1) is 23.7 Å². The van der Waals surface area contributed by atoms with Gasteiger partial charge in [-0.1, -0.05) is 30.4 Å². The highest BCUT2D eigenvalue weighted by molar-refractivity contribution is 8.00. The van der Waals surface area contributed by atoms with Crippen molar-refractivity contribution < 1.29 is 0 Å². The molecule has 0 radical (unpaired) electrons. The van der Waals surface area contributed by atoms with Gasteiger partial charge in [0, 0.05) is 10.1 Å². The third-order valence-electron chi connectivity index (χ3n) is 4.03. The van der Waals surface area contributed by atoms with Crippen molar-refractivity contribution in [2.75, 3.05) is 0 Å². The third-order valence-corrected chi connectivity index (χ3v) is 5.45. The van der Waals surface area contributed by atoms with E-state index in [1.54, 1.807) is 5.57 Å². The van der Waals surface area contributed by atoms with Crippen molar-refractivity contribution in [3.8, 4) is 0 Å². The highest BCUT2D eigenvalue weighted by Gasteiger charge is 2.82. The standard InChI is InChI=1S/C13H12S/c1-7-9-10-11(9)12(10)13(7)14-8-5-3-2-4-6-8/h2-6,9-13H,1H2. The molecule has 4 aliphatic carbocycles. The van der Waals surface area contributed by atoms with Gasteiger partial charge in [0.1, 0.15) is 0 Å². The van der Waals surface area contributed by atoms with Gasteiger partial charge in [-0.25, -0.2) is 0 Å². The Labute approximate surface area is 88.4 Å². The van der Waals surface area contributed by atoms with Gasteiger partial charge < -0.3 is 0 Å². The van der Waals surface area contributed by atoms with Crippen LogP contribution in [0.15, 0.2) is 47.4 Å². The van der Waals surface area contributed by atoms with Gasteiger partial charge in [-0.2, -0.15) is 0 Å². The molecule has 4 aliphatic rings. The lowest BCUT2D eigenvalue weighted by atomic mass is 10.2. The summed E-state index contributed by atoms with van der Waals surface area (Å²) in [6, 6.07) is 10.7. The van der Waals surface area contributed by atoms with Crippen LogP contribution in [0.1, 0.15) is 0 Å². The monoisotopic (exact) mass is 200 g/mol. The molecule has 0 aromatic heterocycles. The molecule has 1 aromatic carbocycles. The largest absolute Gasteiger partial charge is 0.118 e. The zero-order valence-corrected chi connectivity index (χ0v) is 8.71. The number of rotatable bonds is 2. The summed E-state index contributed by atoms with van der Waals surface area (Å²) in [6.07, 6.45) is 0.